The number of amides is 1. The van der Waals surface area contributed by atoms with Crippen LogP contribution < -0.4 is 10.2 Å². The van der Waals surface area contributed by atoms with Crippen molar-refractivity contribution in [3.8, 4) is 17.1 Å². The van der Waals surface area contributed by atoms with E-state index < -0.39 is 0 Å². The molecule has 1 amide bonds. The van der Waals surface area contributed by atoms with Crippen LogP contribution in [0.25, 0.3) is 22.2 Å². The Morgan fingerprint density at radius 2 is 1.94 bits per heavy atom. The molecule has 1 aromatic heterocycles. The summed E-state index contributed by atoms with van der Waals surface area (Å²) in [7, 11) is 1.61. The summed E-state index contributed by atoms with van der Waals surface area (Å²) in [6, 6.07) is 19.2. The number of nitrogens with one attached hydrogen (secondary N) is 1. The first-order chi connectivity index (χ1) is 16.1. The van der Waals surface area contributed by atoms with E-state index in [1.54, 1.807) is 13.3 Å². The average Bonchev–Trinajstić information content (AvgIpc) is 3.26. The van der Waals surface area contributed by atoms with Crippen molar-refractivity contribution < 1.29 is 9.53 Å². The Kier molecular flexibility index (Phi) is 7.26. The maximum absolute atomic E-state index is 12.4. The maximum Gasteiger partial charge on any atom is 0.250 e. The third-order valence-electron chi connectivity index (χ3n) is 5.00. The molecule has 7 nitrogen and oxygen atoms in total. The van der Waals surface area contributed by atoms with Gasteiger partial charge in [-0.1, -0.05) is 53.7 Å². The second-order valence-electron chi connectivity index (χ2n) is 7.04. The molecule has 3 aromatic carbocycles. The lowest BCUT2D eigenvalue weighted by Gasteiger charge is -2.08. The van der Waals surface area contributed by atoms with Crippen molar-refractivity contribution in [3.05, 3.63) is 71.2 Å². The number of rotatable bonds is 8. The predicted octanol–water partition coefficient (Wildman–Crippen LogP) is 5.02. The van der Waals surface area contributed by atoms with Crippen LogP contribution in [0, 0.1) is 0 Å². The Labute approximate surface area is 200 Å². The molecule has 1 heterocycles. The van der Waals surface area contributed by atoms with Crippen molar-refractivity contribution in [2.75, 3.05) is 12.9 Å². The van der Waals surface area contributed by atoms with Gasteiger partial charge in [0.15, 0.2) is 11.0 Å². The van der Waals surface area contributed by atoms with Gasteiger partial charge < -0.3 is 9.30 Å². The van der Waals surface area contributed by atoms with Crippen molar-refractivity contribution in [1.82, 2.24) is 20.2 Å². The minimum Gasteiger partial charge on any atom is -0.496 e. The summed E-state index contributed by atoms with van der Waals surface area (Å²) >= 11 is 7.29. The SMILES string of the molecule is CCn1c(SCC(=O)N/N=C\c2c(OC)ccc3ccccc23)nnc1-c1ccc(Cl)cc1. The Morgan fingerprint density at radius 1 is 1.15 bits per heavy atom. The number of carbonyl (C=O) groups excluding carboxylic acids is 1. The van der Waals surface area contributed by atoms with Crippen molar-refractivity contribution in [2.45, 2.75) is 18.6 Å². The molecule has 168 valence electrons. The number of thioether (sulfide) groups is 1. The highest BCUT2D eigenvalue weighted by atomic mass is 35.5. The van der Waals surface area contributed by atoms with Crippen LogP contribution in [0.1, 0.15) is 12.5 Å². The van der Waals surface area contributed by atoms with Crippen molar-refractivity contribution in [2.24, 2.45) is 5.10 Å². The number of hydrazone groups is 1. The molecular weight excluding hydrogens is 458 g/mol. The van der Waals surface area contributed by atoms with Crippen LogP contribution in [-0.4, -0.2) is 39.7 Å². The molecule has 0 saturated carbocycles. The molecule has 0 aliphatic carbocycles. The van der Waals surface area contributed by atoms with Gasteiger partial charge in [0, 0.05) is 22.7 Å². The van der Waals surface area contributed by atoms with Crippen molar-refractivity contribution in [1.29, 1.82) is 0 Å². The molecular formula is C24H22ClN5O2S. The highest BCUT2D eigenvalue weighted by Crippen LogP contribution is 2.27. The molecule has 0 unspecified atom stereocenters. The number of ether oxygens (including phenoxy) is 1. The van der Waals surface area contributed by atoms with E-state index >= 15 is 0 Å². The van der Waals surface area contributed by atoms with Gasteiger partial charge in [0.05, 0.1) is 19.1 Å². The zero-order valence-corrected chi connectivity index (χ0v) is 19.7. The summed E-state index contributed by atoms with van der Waals surface area (Å²) in [5.74, 6) is 1.34. The first-order valence-electron chi connectivity index (χ1n) is 10.3. The van der Waals surface area contributed by atoms with Crippen molar-refractivity contribution >= 4 is 46.3 Å². The number of halogens is 1. The van der Waals surface area contributed by atoms with E-state index in [0.717, 1.165) is 27.7 Å². The number of hydrogen-bond acceptors (Lipinski definition) is 6. The molecule has 0 aliphatic rings. The average molecular weight is 480 g/mol. The number of carbonyl (C=O) groups is 1. The van der Waals surface area contributed by atoms with Crippen LogP contribution >= 0.6 is 23.4 Å². The quantitative estimate of drug-likeness (QED) is 0.218. The summed E-state index contributed by atoms with van der Waals surface area (Å²) in [6.45, 7) is 2.68. The lowest BCUT2D eigenvalue weighted by Crippen LogP contribution is -2.20. The summed E-state index contributed by atoms with van der Waals surface area (Å²) < 4.78 is 7.42. The van der Waals surface area contributed by atoms with E-state index in [4.69, 9.17) is 16.3 Å². The zero-order valence-electron chi connectivity index (χ0n) is 18.2. The second-order valence-corrected chi connectivity index (χ2v) is 8.42. The van der Waals surface area contributed by atoms with Crippen LogP contribution in [0.4, 0.5) is 0 Å². The molecule has 0 saturated heterocycles. The number of nitrogens with zero attached hydrogens (tertiary/aromatic N) is 4. The molecule has 0 radical (unpaired) electrons. The van der Waals surface area contributed by atoms with Crippen LogP contribution in [0.3, 0.4) is 0 Å². The monoisotopic (exact) mass is 479 g/mol. The van der Waals surface area contributed by atoms with Gasteiger partial charge in [-0.3, -0.25) is 4.79 Å². The van der Waals surface area contributed by atoms with E-state index in [2.05, 4.69) is 20.7 Å². The molecule has 9 heteroatoms. The number of aromatic nitrogens is 3. The molecule has 4 aromatic rings. The molecule has 0 aliphatic heterocycles. The normalized spacial score (nSPS) is 11.2. The molecule has 1 N–H and O–H groups in total. The van der Waals surface area contributed by atoms with E-state index in [9.17, 15) is 4.79 Å². The number of methoxy groups -OCH3 is 1. The van der Waals surface area contributed by atoms with E-state index in [-0.39, 0.29) is 11.7 Å². The Morgan fingerprint density at radius 3 is 2.70 bits per heavy atom. The van der Waals surface area contributed by atoms with Gasteiger partial charge in [0.25, 0.3) is 5.91 Å². The first kappa shape index (κ1) is 22.8. The summed E-state index contributed by atoms with van der Waals surface area (Å²) in [5, 5.41) is 16.1. The van der Waals surface area contributed by atoms with Gasteiger partial charge in [0.2, 0.25) is 0 Å². The third-order valence-corrected chi connectivity index (χ3v) is 6.22. The first-order valence-corrected chi connectivity index (χ1v) is 11.7. The fourth-order valence-corrected chi connectivity index (χ4v) is 4.33. The van der Waals surface area contributed by atoms with Crippen LogP contribution in [0.5, 0.6) is 5.75 Å². The topological polar surface area (TPSA) is 81.4 Å². The number of fused-ring (bicyclic) bond motifs is 1. The molecule has 0 atom stereocenters. The summed E-state index contributed by atoms with van der Waals surface area (Å²) in [5.41, 5.74) is 4.30. The fourth-order valence-electron chi connectivity index (χ4n) is 3.41. The minimum absolute atomic E-state index is 0.156. The van der Waals surface area contributed by atoms with Gasteiger partial charge in [-0.05, 0) is 48.0 Å². The summed E-state index contributed by atoms with van der Waals surface area (Å²) in [6.07, 6.45) is 1.61. The van der Waals surface area contributed by atoms with Gasteiger partial charge in [-0.25, -0.2) is 5.43 Å². The number of benzene rings is 3. The van der Waals surface area contributed by atoms with Gasteiger partial charge >= 0.3 is 0 Å². The molecule has 0 spiro atoms. The zero-order chi connectivity index (χ0) is 23.2. The molecule has 0 fully saturated rings. The third kappa shape index (κ3) is 5.18. The predicted molar refractivity (Wildman–Crippen MR) is 133 cm³/mol. The molecule has 4 rings (SSSR count). The van der Waals surface area contributed by atoms with Gasteiger partial charge in [-0.2, -0.15) is 5.10 Å². The lowest BCUT2D eigenvalue weighted by atomic mass is 10.0. The smallest absolute Gasteiger partial charge is 0.250 e. The molecule has 33 heavy (non-hydrogen) atoms. The second kappa shape index (κ2) is 10.5. The van der Waals surface area contributed by atoms with Crippen LogP contribution in [0.2, 0.25) is 5.02 Å². The summed E-state index contributed by atoms with van der Waals surface area (Å²) in [4.78, 5) is 12.4. The Bertz CT molecular complexity index is 1300. The molecule has 0 bridgehead atoms. The number of hydrogen-bond donors (Lipinski definition) is 1. The fraction of sp³-hybridized carbons (Fsp3) is 0.167. The Hall–Kier alpha value is -3.36. The van der Waals surface area contributed by atoms with Crippen molar-refractivity contribution in [3.63, 3.8) is 0 Å². The highest BCUT2D eigenvalue weighted by Gasteiger charge is 2.14. The lowest BCUT2D eigenvalue weighted by molar-refractivity contribution is -0.118. The standard InChI is InChI=1S/C24H22ClN5O2S/c1-3-30-23(17-8-11-18(25)12-9-17)28-29-24(30)33-15-22(31)27-26-14-20-19-7-5-4-6-16(19)10-13-21(20)32-2/h4-14H,3,15H2,1-2H3,(H,27,31)/b26-14-. The van der Waals surface area contributed by atoms with Crippen LogP contribution in [-0.2, 0) is 11.3 Å². The van der Waals surface area contributed by atoms with Crippen LogP contribution in [0.15, 0.2) is 70.9 Å². The van der Waals surface area contributed by atoms with E-state index in [1.165, 1.54) is 11.8 Å². The van der Waals surface area contributed by atoms with Gasteiger partial charge in [0.1, 0.15) is 5.75 Å². The maximum atomic E-state index is 12.4. The van der Waals surface area contributed by atoms with Gasteiger partial charge in [-0.15, -0.1) is 10.2 Å². The highest BCUT2D eigenvalue weighted by molar-refractivity contribution is 7.99. The largest absolute Gasteiger partial charge is 0.496 e. The van der Waals surface area contributed by atoms with E-state index in [1.807, 2.05) is 72.2 Å². The van der Waals surface area contributed by atoms with E-state index in [0.29, 0.717) is 22.5 Å². The minimum atomic E-state index is -0.242. The Balaban J connectivity index is 1.42.